The summed E-state index contributed by atoms with van der Waals surface area (Å²) in [6.07, 6.45) is 2.99. The van der Waals surface area contributed by atoms with Crippen LogP contribution in [0.4, 0.5) is 0 Å². The number of nitrogens with zero attached hydrogens (tertiary/aromatic N) is 3. The molecule has 1 aliphatic rings. The van der Waals surface area contributed by atoms with Crippen molar-refractivity contribution in [3.8, 4) is 0 Å². The van der Waals surface area contributed by atoms with E-state index < -0.39 is 0 Å². The molecular formula is C8H16N4. The van der Waals surface area contributed by atoms with Gasteiger partial charge in [0.1, 0.15) is 0 Å². The van der Waals surface area contributed by atoms with Crippen molar-refractivity contribution in [2.75, 3.05) is 13.7 Å². The van der Waals surface area contributed by atoms with Crippen LogP contribution in [-0.2, 0) is 0 Å². The molecule has 0 amide bonds. The summed E-state index contributed by atoms with van der Waals surface area (Å²) in [7, 11) is 1.73. The van der Waals surface area contributed by atoms with Gasteiger partial charge in [-0.05, 0) is 13.3 Å². The number of hydrogen-bond donors (Lipinski definition) is 1. The van der Waals surface area contributed by atoms with E-state index in [1.807, 2.05) is 6.34 Å². The lowest BCUT2D eigenvalue weighted by Gasteiger charge is -2.29. The van der Waals surface area contributed by atoms with Crippen LogP contribution in [0.1, 0.15) is 20.3 Å². The Hall–Kier alpha value is -1.06. The van der Waals surface area contributed by atoms with E-state index in [9.17, 15) is 0 Å². The molecule has 1 aliphatic heterocycles. The molecular weight excluding hydrogens is 152 g/mol. The van der Waals surface area contributed by atoms with Crippen molar-refractivity contribution < 1.29 is 0 Å². The standard InChI is InChI=1S/C8H16N4/c1-4-7(2)12-5-10-8(9-3)11-6-12/h5,7H,4,6H2,1-3H3,(H,9,11). The van der Waals surface area contributed by atoms with Crippen LogP contribution in [0.3, 0.4) is 0 Å². The van der Waals surface area contributed by atoms with Gasteiger partial charge in [0.2, 0.25) is 5.96 Å². The van der Waals surface area contributed by atoms with Crippen LogP contribution in [0.5, 0.6) is 0 Å². The minimum absolute atomic E-state index is 0.541. The van der Waals surface area contributed by atoms with Gasteiger partial charge in [-0.1, -0.05) is 6.92 Å². The van der Waals surface area contributed by atoms with Gasteiger partial charge in [0, 0.05) is 13.1 Å². The Morgan fingerprint density at radius 1 is 1.83 bits per heavy atom. The third-order valence-electron chi connectivity index (χ3n) is 2.12. The lowest BCUT2D eigenvalue weighted by molar-refractivity contribution is 0.320. The first-order valence-electron chi connectivity index (χ1n) is 4.28. The summed E-state index contributed by atoms with van der Waals surface area (Å²) in [5.41, 5.74) is 0. The minimum atomic E-state index is 0.541. The smallest absolute Gasteiger partial charge is 0.220 e. The topological polar surface area (TPSA) is 40.0 Å². The molecule has 0 saturated heterocycles. The van der Waals surface area contributed by atoms with Crippen molar-refractivity contribution in [2.24, 2.45) is 9.98 Å². The maximum Gasteiger partial charge on any atom is 0.220 e. The third-order valence-corrected chi connectivity index (χ3v) is 2.12. The molecule has 1 unspecified atom stereocenters. The SMILES string of the molecule is CCC(C)N1C=NC(=NC)NC1. The number of hydrogen-bond acceptors (Lipinski definition) is 2. The second-order valence-electron chi connectivity index (χ2n) is 2.90. The quantitative estimate of drug-likeness (QED) is 0.658. The Morgan fingerprint density at radius 2 is 2.58 bits per heavy atom. The first-order chi connectivity index (χ1) is 5.77. The largest absolute Gasteiger partial charge is 0.342 e. The zero-order chi connectivity index (χ0) is 8.97. The molecule has 4 nitrogen and oxygen atoms in total. The highest BCUT2D eigenvalue weighted by Crippen LogP contribution is 2.01. The zero-order valence-electron chi connectivity index (χ0n) is 7.91. The van der Waals surface area contributed by atoms with E-state index in [1.54, 1.807) is 7.05 Å². The van der Waals surface area contributed by atoms with Crippen molar-refractivity contribution >= 4 is 12.3 Å². The molecule has 1 atom stereocenters. The van der Waals surface area contributed by atoms with Gasteiger partial charge in [-0.3, -0.25) is 4.99 Å². The number of guanidine groups is 1. The van der Waals surface area contributed by atoms with Crippen molar-refractivity contribution in [3.63, 3.8) is 0 Å². The highest BCUT2D eigenvalue weighted by molar-refractivity contribution is 5.88. The van der Waals surface area contributed by atoms with Gasteiger partial charge >= 0.3 is 0 Å². The molecule has 0 aromatic heterocycles. The van der Waals surface area contributed by atoms with Crippen LogP contribution >= 0.6 is 0 Å². The third kappa shape index (κ3) is 1.96. The van der Waals surface area contributed by atoms with E-state index in [0.717, 1.165) is 19.0 Å². The molecule has 12 heavy (non-hydrogen) atoms. The zero-order valence-corrected chi connectivity index (χ0v) is 7.91. The van der Waals surface area contributed by atoms with Crippen LogP contribution in [0.25, 0.3) is 0 Å². The summed E-state index contributed by atoms with van der Waals surface area (Å²) in [5.74, 6) is 0.717. The van der Waals surface area contributed by atoms with Crippen molar-refractivity contribution in [1.29, 1.82) is 0 Å². The van der Waals surface area contributed by atoms with E-state index >= 15 is 0 Å². The summed E-state index contributed by atoms with van der Waals surface area (Å²) in [4.78, 5) is 10.2. The Labute approximate surface area is 73.4 Å². The Balaban J connectivity index is 2.53. The van der Waals surface area contributed by atoms with Gasteiger partial charge in [-0.15, -0.1) is 0 Å². The Morgan fingerprint density at radius 3 is 3.00 bits per heavy atom. The first kappa shape index (κ1) is 9.03. The van der Waals surface area contributed by atoms with E-state index in [0.29, 0.717) is 6.04 Å². The molecule has 0 aromatic carbocycles. The van der Waals surface area contributed by atoms with Crippen LogP contribution in [0, 0.1) is 0 Å². The van der Waals surface area contributed by atoms with E-state index in [1.165, 1.54) is 0 Å². The maximum atomic E-state index is 4.14. The molecule has 1 heterocycles. The average molecular weight is 168 g/mol. The fourth-order valence-electron chi connectivity index (χ4n) is 1.02. The van der Waals surface area contributed by atoms with Crippen molar-refractivity contribution in [1.82, 2.24) is 10.2 Å². The Bertz CT molecular complexity index is 197. The Kier molecular flexibility index (Phi) is 3.08. The predicted octanol–water partition coefficient (Wildman–Crippen LogP) is 0.662. The van der Waals surface area contributed by atoms with Gasteiger partial charge in [0.05, 0.1) is 13.0 Å². The van der Waals surface area contributed by atoms with Crippen LogP contribution in [0.2, 0.25) is 0 Å². The average Bonchev–Trinajstić information content (AvgIpc) is 2.17. The van der Waals surface area contributed by atoms with Crippen LogP contribution < -0.4 is 5.32 Å². The van der Waals surface area contributed by atoms with E-state index in [2.05, 4.69) is 34.0 Å². The van der Waals surface area contributed by atoms with Crippen LogP contribution in [-0.4, -0.2) is 37.0 Å². The molecule has 0 bridgehead atoms. The number of nitrogens with one attached hydrogen (secondary N) is 1. The van der Waals surface area contributed by atoms with E-state index in [-0.39, 0.29) is 0 Å². The fourth-order valence-corrected chi connectivity index (χ4v) is 1.02. The molecule has 0 spiro atoms. The molecule has 0 aliphatic carbocycles. The molecule has 1 N–H and O–H groups in total. The molecule has 68 valence electrons. The molecule has 1 rings (SSSR count). The summed E-state index contributed by atoms with van der Waals surface area (Å²) >= 11 is 0. The number of rotatable bonds is 2. The molecule has 0 fully saturated rings. The van der Waals surface area contributed by atoms with Gasteiger partial charge in [-0.25, -0.2) is 4.99 Å². The summed E-state index contributed by atoms with van der Waals surface area (Å²) in [6, 6.07) is 0.541. The highest BCUT2D eigenvalue weighted by atomic mass is 15.3. The van der Waals surface area contributed by atoms with Crippen molar-refractivity contribution in [3.05, 3.63) is 0 Å². The van der Waals surface area contributed by atoms with Crippen LogP contribution in [0.15, 0.2) is 9.98 Å². The van der Waals surface area contributed by atoms with Gasteiger partial charge < -0.3 is 10.2 Å². The maximum absolute atomic E-state index is 4.14. The monoisotopic (exact) mass is 168 g/mol. The summed E-state index contributed by atoms with van der Waals surface area (Å²) in [5, 5.41) is 3.11. The second kappa shape index (κ2) is 4.09. The van der Waals surface area contributed by atoms with Crippen molar-refractivity contribution in [2.45, 2.75) is 26.3 Å². The molecule has 4 heteroatoms. The summed E-state index contributed by atoms with van der Waals surface area (Å²) < 4.78 is 0. The predicted molar refractivity (Wildman–Crippen MR) is 51.4 cm³/mol. The van der Waals surface area contributed by atoms with Gasteiger partial charge in [0.25, 0.3) is 0 Å². The first-order valence-corrected chi connectivity index (χ1v) is 4.28. The molecule has 0 saturated carbocycles. The lowest BCUT2D eigenvalue weighted by atomic mass is 10.2. The number of aliphatic imine (C=N–C) groups is 2. The molecule has 0 aromatic rings. The van der Waals surface area contributed by atoms with Gasteiger partial charge in [-0.2, -0.15) is 0 Å². The fraction of sp³-hybridized carbons (Fsp3) is 0.750. The highest BCUT2D eigenvalue weighted by Gasteiger charge is 2.11. The molecule has 0 radical (unpaired) electrons. The lowest BCUT2D eigenvalue weighted by Crippen LogP contribution is -2.45. The minimum Gasteiger partial charge on any atom is -0.342 e. The second-order valence-corrected chi connectivity index (χ2v) is 2.90. The normalized spacial score (nSPS) is 22.6. The van der Waals surface area contributed by atoms with Gasteiger partial charge in [0.15, 0.2) is 0 Å². The van der Waals surface area contributed by atoms with E-state index in [4.69, 9.17) is 0 Å². The summed E-state index contributed by atoms with van der Waals surface area (Å²) in [6.45, 7) is 5.16.